The predicted molar refractivity (Wildman–Crippen MR) is 73.3 cm³/mol. The lowest BCUT2D eigenvalue weighted by Gasteiger charge is -2.16. The van der Waals surface area contributed by atoms with Crippen LogP contribution in [0.25, 0.3) is 0 Å². The zero-order valence-electron chi connectivity index (χ0n) is 10.7. The van der Waals surface area contributed by atoms with E-state index in [1.54, 1.807) is 6.92 Å². The van der Waals surface area contributed by atoms with Crippen LogP contribution in [-0.2, 0) is 16.1 Å². The number of thioether (sulfide) groups is 1. The lowest BCUT2D eigenvalue weighted by molar-refractivity contribution is -0.128. The smallest absolute Gasteiger partial charge is 0.224 e. The summed E-state index contributed by atoms with van der Waals surface area (Å²) in [5.41, 5.74) is 2.36. The third-order valence-electron chi connectivity index (χ3n) is 3.01. The van der Waals surface area contributed by atoms with Crippen LogP contribution in [0, 0.1) is 6.92 Å². The van der Waals surface area contributed by atoms with Gasteiger partial charge >= 0.3 is 0 Å². The number of aryl methyl sites for hydroxylation is 1. The fraction of sp³-hybridized carbons (Fsp3) is 0.429. The number of hydrogen-bond donors (Lipinski definition) is 0. The van der Waals surface area contributed by atoms with Gasteiger partial charge in [-0.25, -0.2) is 0 Å². The molecule has 1 unspecified atom stereocenters. The van der Waals surface area contributed by atoms with Gasteiger partial charge in [0.25, 0.3) is 0 Å². The van der Waals surface area contributed by atoms with Crippen molar-refractivity contribution >= 4 is 22.8 Å². The predicted octanol–water partition coefficient (Wildman–Crippen LogP) is 2.38. The summed E-state index contributed by atoms with van der Waals surface area (Å²) in [5.74, 6) is 0.148. The Labute approximate surface area is 112 Å². The summed E-state index contributed by atoms with van der Waals surface area (Å²) in [5, 5.41) is 0.213. The first-order valence-electron chi connectivity index (χ1n) is 6.05. The molecule has 0 aromatic heterocycles. The minimum absolute atomic E-state index is 0.0879. The van der Waals surface area contributed by atoms with E-state index in [9.17, 15) is 9.59 Å². The van der Waals surface area contributed by atoms with Crippen molar-refractivity contribution in [1.82, 2.24) is 4.90 Å². The van der Waals surface area contributed by atoms with Crippen LogP contribution < -0.4 is 0 Å². The Morgan fingerprint density at radius 3 is 2.67 bits per heavy atom. The van der Waals surface area contributed by atoms with Crippen LogP contribution in [-0.4, -0.2) is 27.7 Å². The van der Waals surface area contributed by atoms with E-state index in [1.807, 2.05) is 24.0 Å². The van der Waals surface area contributed by atoms with Crippen LogP contribution in [0.2, 0.25) is 0 Å². The summed E-state index contributed by atoms with van der Waals surface area (Å²) in [6.45, 7) is 4.92. The van der Waals surface area contributed by atoms with Crippen molar-refractivity contribution in [2.75, 3.05) is 6.54 Å². The molecular formula is C14H17NO2S. The van der Waals surface area contributed by atoms with Crippen molar-refractivity contribution in [3.8, 4) is 0 Å². The Kier molecular flexibility index (Phi) is 4.07. The Morgan fingerprint density at radius 2 is 2.06 bits per heavy atom. The van der Waals surface area contributed by atoms with Gasteiger partial charge in [0, 0.05) is 31.7 Å². The molecule has 0 N–H and O–H groups in total. The number of carbonyl (C=O) groups excluding carboxylic acids is 2. The SMILES string of the molecule is CC(=O)SC1CC(=O)N(Cc2ccc(C)cc2)C1. The Hall–Kier alpha value is -1.29. The van der Waals surface area contributed by atoms with E-state index in [0.29, 0.717) is 19.5 Å². The topological polar surface area (TPSA) is 37.4 Å². The molecule has 0 aliphatic carbocycles. The van der Waals surface area contributed by atoms with E-state index in [2.05, 4.69) is 12.1 Å². The summed E-state index contributed by atoms with van der Waals surface area (Å²) in [7, 11) is 0. The second-order valence-electron chi connectivity index (χ2n) is 4.70. The average Bonchev–Trinajstić information content (AvgIpc) is 2.61. The summed E-state index contributed by atoms with van der Waals surface area (Å²) < 4.78 is 0. The van der Waals surface area contributed by atoms with Crippen LogP contribution in [0.15, 0.2) is 24.3 Å². The summed E-state index contributed by atoms with van der Waals surface area (Å²) in [6, 6.07) is 8.21. The van der Waals surface area contributed by atoms with Crippen molar-refractivity contribution < 1.29 is 9.59 Å². The van der Waals surface area contributed by atoms with E-state index in [4.69, 9.17) is 0 Å². The molecule has 1 aromatic carbocycles. The largest absolute Gasteiger partial charge is 0.337 e. The van der Waals surface area contributed by atoms with Crippen LogP contribution in [0.1, 0.15) is 24.5 Å². The van der Waals surface area contributed by atoms with Gasteiger partial charge in [0.05, 0.1) is 0 Å². The van der Waals surface area contributed by atoms with Gasteiger partial charge in [-0.05, 0) is 12.5 Å². The molecule has 1 fully saturated rings. The normalized spacial score (nSPS) is 19.3. The number of benzene rings is 1. The zero-order valence-corrected chi connectivity index (χ0v) is 11.5. The van der Waals surface area contributed by atoms with Crippen molar-refractivity contribution in [3.05, 3.63) is 35.4 Å². The van der Waals surface area contributed by atoms with Crippen molar-refractivity contribution in [2.45, 2.75) is 32.1 Å². The standard InChI is InChI=1S/C14H17NO2S/c1-10-3-5-12(6-4-10)8-15-9-13(7-14(15)17)18-11(2)16/h3-6,13H,7-9H2,1-2H3. The lowest BCUT2D eigenvalue weighted by atomic mass is 10.1. The van der Waals surface area contributed by atoms with Gasteiger partial charge in [0.15, 0.2) is 5.12 Å². The van der Waals surface area contributed by atoms with Crippen molar-refractivity contribution in [2.24, 2.45) is 0 Å². The molecule has 0 bridgehead atoms. The van der Waals surface area contributed by atoms with E-state index in [1.165, 1.54) is 17.3 Å². The maximum atomic E-state index is 11.8. The number of nitrogens with zero attached hydrogens (tertiary/aromatic N) is 1. The minimum atomic E-state index is 0.0879. The molecule has 1 aliphatic rings. The first-order valence-corrected chi connectivity index (χ1v) is 6.93. The molecule has 1 atom stereocenters. The van der Waals surface area contributed by atoms with Crippen LogP contribution in [0.5, 0.6) is 0 Å². The number of likely N-dealkylation sites (tertiary alicyclic amines) is 1. The van der Waals surface area contributed by atoms with Crippen molar-refractivity contribution in [3.63, 3.8) is 0 Å². The van der Waals surface area contributed by atoms with E-state index >= 15 is 0 Å². The first-order chi connectivity index (χ1) is 8.54. The van der Waals surface area contributed by atoms with Crippen molar-refractivity contribution in [1.29, 1.82) is 0 Å². The molecule has 0 spiro atoms. The second kappa shape index (κ2) is 5.57. The molecular weight excluding hydrogens is 246 g/mol. The molecule has 1 amide bonds. The fourth-order valence-electron chi connectivity index (χ4n) is 2.12. The highest BCUT2D eigenvalue weighted by molar-refractivity contribution is 8.14. The van der Waals surface area contributed by atoms with Crippen LogP contribution >= 0.6 is 11.8 Å². The van der Waals surface area contributed by atoms with Gasteiger partial charge < -0.3 is 4.90 Å². The average molecular weight is 263 g/mol. The van der Waals surface area contributed by atoms with E-state index < -0.39 is 0 Å². The monoisotopic (exact) mass is 263 g/mol. The molecule has 1 heterocycles. The number of amides is 1. The molecule has 1 aromatic rings. The molecule has 1 saturated heterocycles. The lowest BCUT2D eigenvalue weighted by Crippen LogP contribution is -2.24. The first kappa shape index (κ1) is 13.1. The number of rotatable bonds is 3. The molecule has 0 saturated carbocycles. The highest BCUT2D eigenvalue weighted by Gasteiger charge is 2.30. The summed E-state index contributed by atoms with van der Waals surface area (Å²) in [4.78, 5) is 24.7. The third-order valence-corrected chi connectivity index (χ3v) is 3.99. The highest BCUT2D eigenvalue weighted by atomic mass is 32.2. The number of carbonyl (C=O) groups is 2. The van der Waals surface area contributed by atoms with Crippen LogP contribution in [0.3, 0.4) is 0 Å². The maximum absolute atomic E-state index is 11.8. The van der Waals surface area contributed by atoms with Gasteiger partial charge in [-0.1, -0.05) is 41.6 Å². The minimum Gasteiger partial charge on any atom is -0.337 e. The fourth-order valence-corrected chi connectivity index (χ4v) is 3.07. The molecule has 1 aliphatic heterocycles. The zero-order chi connectivity index (χ0) is 13.1. The van der Waals surface area contributed by atoms with E-state index in [0.717, 1.165) is 5.56 Å². The van der Waals surface area contributed by atoms with Gasteiger partial charge in [-0.3, -0.25) is 9.59 Å². The van der Waals surface area contributed by atoms with Gasteiger partial charge in [-0.2, -0.15) is 0 Å². The Morgan fingerprint density at radius 1 is 1.39 bits per heavy atom. The Balaban J connectivity index is 1.96. The van der Waals surface area contributed by atoms with Crippen LogP contribution in [0.4, 0.5) is 0 Å². The summed E-state index contributed by atoms with van der Waals surface area (Å²) in [6.07, 6.45) is 0.482. The maximum Gasteiger partial charge on any atom is 0.224 e. The molecule has 96 valence electrons. The molecule has 4 heteroatoms. The third kappa shape index (κ3) is 3.35. The highest BCUT2D eigenvalue weighted by Crippen LogP contribution is 2.25. The molecule has 3 nitrogen and oxygen atoms in total. The quantitative estimate of drug-likeness (QED) is 0.840. The van der Waals surface area contributed by atoms with Gasteiger partial charge in [0.1, 0.15) is 0 Å². The molecule has 18 heavy (non-hydrogen) atoms. The summed E-state index contributed by atoms with van der Waals surface area (Å²) >= 11 is 1.28. The van der Waals surface area contributed by atoms with Gasteiger partial charge in [-0.15, -0.1) is 0 Å². The van der Waals surface area contributed by atoms with E-state index in [-0.39, 0.29) is 16.3 Å². The second-order valence-corrected chi connectivity index (χ2v) is 6.17. The molecule has 2 rings (SSSR count). The number of hydrogen-bond acceptors (Lipinski definition) is 3. The molecule has 0 radical (unpaired) electrons. The Bertz CT molecular complexity index is 455. The van der Waals surface area contributed by atoms with Gasteiger partial charge in [0.2, 0.25) is 5.91 Å².